The van der Waals surface area contributed by atoms with Crippen LogP contribution < -0.4 is 9.47 Å². The van der Waals surface area contributed by atoms with Gasteiger partial charge in [-0.3, -0.25) is 9.47 Å². The molecule has 1 atom stereocenters. The molecule has 0 radical (unpaired) electrons. The van der Waals surface area contributed by atoms with Crippen molar-refractivity contribution in [1.29, 1.82) is 0 Å². The smallest absolute Gasteiger partial charge is 0.436 e. The average Bonchev–Trinajstić information content (AvgIpc) is 3.19. The molecule has 2 aromatic rings. The molecule has 0 amide bonds. The van der Waals surface area contributed by atoms with Crippen molar-refractivity contribution in [2.45, 2.75) is 48.4 Å². The standard InChI is InChI=1S/C19H21F3N4O4S/c1-18(12-25-10-16(26(27)28)23-17(25)30-18)11-24-8-6-15(7-9-24)31-14-4-2-13(3-5-14)29-19(20,21)22/h2-5,10,15H,6-9,11-12H2,1H3/t18-/m0/s1. The van der Waals surface area contributed by atoms with Crippen LogP contribution in [0.5, 0.6) is 11.8 Å². The van der Waals surface area contributed by atoms with Gasteiger partial charge in [0.1, 0.15) is 17.5 Å². The summed E-state index contributed by atoms with van der Waals surface area (Å²) in [5, 5.41) is 11.2. The van der Waals surface area contributed by atoms with Crippen molar-refractivity contribution >= 4 is 17.6 Å². The van der Waals surface area contributed by atoms with Crippen LogP contribution in [0.25, 0.3) is 0 Å². The van der Waals surface area contributed by atoms with Gasteiger partial charge < -0.3 is 19.6 Å². The first kappa shape index (κ1) is 21.8. The molecule has 168 valence electrons. The summed E-state index contributed by atoms with van der Waals surface area (Å²) in [5.74, 6) is -0.436. The van der Waals surface area contributed by atoms with Crippen molar-refractivity contribution in [3.8, 4) is 11.8 Å². The van der Waals surface area contributed by atoms with E-state index in [-0.39, 0.29) is 17.6 Å². The summed E-state index contributed by atoms with van der Waals surface area (Å²) in [4.78, 5) is 17.4. The van der Waals surface area contributed by atoms with Gasteiger partial charge in [0.2, 0.25) is 0 Å². The molecule has 3 heterocycles. The Hall–Kier alpha value is -2.47. The van der Waals surface area contributed by atoms with E-state index in [1.54, 1.807) is 28.5 Å². The molecule has 1 aromatic carbocycles. The minimum atomic E-state index is -4.69. The number of piperidine rings is 1. The molecule has 0 bridgehead atoms. The largest absolute Gasteiger partial charge is 0.573 e. The van der Waals surface area contributed by atoms with Crippen LogP contribution >= 0.6 is 11.8 Å². The molecule has 0 aliphatic carbocycles. The van der Waals surface area contributed by atoms with Crippen LogP contribution in [-0.2, 0) is 6.54 Å². The minimum absolute atomic E-state index is 0.215. The minimum Gasteiger partial charge on any atom is -0.436 e. The zero-order chi connectivity index (χ0) is 22.2. The summed E-state index contributed by atoms with van der Waals surface area (Å²) in [6, 6.07) is 6.23. The summed E-state index contributed by atoms with van der Waals surface area (Å²) in [5.41, 5.74) is -0.494. The zero-order valence-corrected chi connectivity index (χ0v) is 17.5. The number of benzene rings is 1. The molecule has 4 rings (SSSR count). The highest BCUT2D eigenvalue weighted by Crippen LogP contribution is 2.35. The van der Waals surface area contributed by atoms with Crippen molar-refractivity contribution in [2.75, 3.05) is 19.6 Å². The van der Waals surface area contributed by atoms with Crippen molar-refractivity contribution in [2.24, 2.45) is 0 Å². The Morgan fingerprint density at radius 3 is 2.58 bits per heavy atom. The lowest BCUT2D eigenvalue weighted by Gasteiger charge is -2.36. The number of hydrogen-bond donors (Lipinski definition) is 0. The first-order valence-electron chi connectivity index (χ1n) is 9.74. The quantitative estimate of drug-likeness (QED) is 0.476. The predicted molar refractivity (Wildman–Crippen MR) is 106 cm³/mol. The van der Waals surface area contributed by atoms with Crippen LogP contribution in [0.1, 0.15) is 19.8 Å². The number of ether oxygens (including phenoxy) is 2. The van der Waals surface area contributed by atoms with Crippen LogP contribution in [-0.4, -0.2) is 56.2 Å². The van der Waals surface area contributed by atoms with E-state index >= 15 is 0 Å². The molecule has 0 unspecified atom stereocenters. The number of halogens is 3. The lowest BCUT2D eigenvalue weighted by Crippen LogP contribution is -2.47. The van der Waals surface area contributed by atoms with Crippen LogP contribution in [0.2, 0.25) is 0 Å². The number of aromatic nitrogens is 2. The highest BCUT2D eigenvalue weighted by molar-refractivity contribution is 8.00. The summed E-state index contributed by atoms with van der Waals surface area (Å²) in [6.07, 6.45) is -1.40. The van der Waals surface area contributed by atoms with E-state index in [1.807, 2.05) is 6.92 Å². The second-order valence-electron chi connectivity index (χ2n) is 7.93. The molecule has 1 aromatic heterocycles. The number of nitro groups is 1. The van der Waals surface area contributed by atoms with E-state index in [9.17, 15) is 23.3 Å². The summed E-state index contributed by atoms with van der Waals surface area (Å²) >= 11 is 1.66. The monoisotopic (exact) mass is 458 g/mol. The van der Waals surface area contributed by atoms with Crippen molar-refractivity contribution in [3.05, 3.63) is 40.6 Å². The molecular formula is C19H21F3N4O4S. The molecule has 31 heavy (non-hydrogen) atoms. The highest BCUT2D eigenvalue weighted by Gasteiger charge is 2.42. The molecule has 2 aliphatic rings. The Balaban J connectivity index is 1.24. The number of nitrogens with zero attached hydrogens (tertiary/aromatic N) is 4. The second-order valence-corrected chi connectivity index (χ2v) is 9.30. The predicted octanol–water partition coefficient (Wildman–Crippen LogP) is 4.10. The van der Waals surface area contributed by atoms with Crippen LogP contribution in [0.3, 0.4) is 0 Å². The number of thioether (sulfide) groups is 1. The maximum absolute atomic E-state index is 12.3. The molecule has 0 spiro atoms. The summed E-state index contributed by atoms with van der Waals surface area (Å²) < 4.78 is 48.3. The molecular weight excluding hydrogens is 437 g/mol. The van der Waals surface area contributed by atoms with Gasteiger partial charge in [-0.05, 0) is 62.0 Å². The third-order valence-electron chi connectivity index (χ3n) is 5.21. The van der Waals surface area contributed by atoms with Crippen LogP contribution in [0.4, 0.5) is 19.0 Å². The van der Waals surface area contributed by atoms with E-state index in [1.165, 1.54) is 18.3 Å². The Morgan fingerprint density at radius 2 is 2.00 bits per heavy atom. The number of likely N-dealkylation sites (tertiary alicyclic amines) is 1. The van der Waals surface area contributed by atoms with Gasteiger partial charge in [-0.1, -0.05) is 0 Å². The third kappa shape index (κ3) is 5.42. The molecule has 0 saturated carbocycles. The van der Waals surface area contributed by atoms with Gasteiger partial charge in [0.05, 0.1) is 6.54 Å². The molecule has 1 saturated heterocycles. The third-order valence-corrected chi connectivity index (χ3v) is 6.56. The number of hydrogen-bond acceptors (Lipinski definition) is 7. The first-order valence-corrected chi connectivity index (χ1v) is 10.6. The van der Waals surface area contributed by atoms with E-state index in [2.05, 4.69) is 14.6 Å². The average molecular weight is 458 g/mol. The summed E-state index contributed by atoms with van der Waals surface area (Å²) in [7, 11) is 0. The Labute approximate surface area is 180 Å². The van der Waals surface area contributed by atoms with Crippen LogP contribution in [0.15, 0.2) is 35.4 Å². The molecule has 8 nitrogen and oxygen atoms in total. The Morgan fingerprint density at radius 1 is 1.32 bits per heavy atom. The lowest BCUT2D eigenvalue weighted by molar-refractivity contribution is -0.389. The van der Waals surface area contributed by atoms with Crippen LogP contribution in [0, 0.1) is 10.1 Å². The summed E-state index contributed by atoms with van der Waals surface area (Å²) in [6.45, 7) is 4.90. The normalized spacial score (nSPS) is 22.2. The second kappa shape index (κ2) is 8.23. The molecule has 0 N–H and O–H groups in total. The molecule has 12 heteroatoms. The van der Waals surface area contributed by atoms with Crippen molar-refractivity contribution in [1.82, 2.24) is 14.5 Å². The fraction of sp³-hybridized carbons (Fsp3) is 0.526. The number of fused-ring (bicyclic) bond motifs is 1. The maximum Gasteiger partial charge on any atom is 0.573 e. The highest BCUT2D eigenvalue weighted by atomic mass is 32.2. The van der Waals surface area contributed by atoms with E-state index in [0.29, 0.717) is 18.3 Å². The SMILES string of the molecule is C[C@]1(CN2CCC(Sc3ccc(OC(F)(F)F)cc3)CC2)Cn2cc([N+](=O)[O-])nc2O1. The van der Waals surface area contributed by atoms with Gasteiger partial charge in [0.25, 0.3) is 0 Å². The van der Waals surface area contributed by atoms with Gasteiger partial charge in [-0.15, -0.1) is 24.9 Å². The number of rotatable bonds is 6. The van der Waals surface area contributed by atoms with E-state index < -0.39 is 16.9 Å². The van der Waals surface area contributed by atoms with Crippen molar-refractivity contribution in [3.63, 3.8) is 0 Å². The fourth-order valence-electron chi connectivity index (χ4n) is 3.93. The van der Waals surface area contributed by atoms with Gasteiger partial charge >= 0.3 is 18.2 Å². The number of imidazole rings is 1. The molecule has 2 aliphatic heterocycles. The van der Waals surface area contributed by atoms with Gasteiger partial charge in [0.15, 0.2) is 0 Å². The first-order chi connectivity index (χ1) is 14.6. The number of alkyl halides is 3. The van der Waals surface area contributed by atoms with Gasteiger partial charge in [-0.25, -0.2) is 0 Å². The maximum atomic E-state index is 12.3. The fourth-order valence-corrected chi connectivity index (χ4v) is 5.06. The Bertz CT molecular complexity index is 919. The van der Waals surface area contributed by atoms with Gasteiger partial charge in [0, 0.05) is 21.7 Å². The van der Waals surface area contributed by atoms with E-state index in [4.69, 9.17) is 4.74 Å². The van der Waals surface area contributed by atoms with E-state index in [0.717, 1.165) is 30.8 Å². The molecule has 1 fully saturated rings. The lowest BCUT2D eigenvalue weighted by atomic mass is 10.0. The zero-order valence-electron chi connectivity index (χ0n) is 16.7. The van der Waals surface area contributed by atoms with Crippen molar-refractivity contribution < 1.29 is 27.6 Å². The topological polar surface area (TPSA) is 82.7 Å². The Kier molecular flexibility index (Phi) is 5.77. The van der Waals surface area contributed by atoms with Gasteiger partial charge in [-0.2, -0.15) is 0 Å².